The van der Waals surface area contributed by atoms with Crippen molar-refractivity contribution in [3.8, 4) is 16.9 Å². The van der Waals surface area contributed by atoms with Gasteiger partial charge in [-0.2, -0.15) is 0 Å². The van der Waals surface area contributed by atoms with Gasteiger partial charge in [0, 0.05) is 25.6 Å². The van der Waals surface area contributed by atoms with E-state index >= 15 is 0 Å². The molecule has 3 heterocycles. The van der Waals surface area contributed by atoms with Crippen molar-refractivity contribution in [3.05, 3.63) is 53.6 Å². The fourth-order valence-corrected chi connectivity index (χ4v) is 5.45. The third-order valence-corrected chi connectivity index (χ3v) is 7.64. The fraction of sp³-hybridized carbons (Fsp3) is 0.500. The molecule has 4 N–H and O–H groups in total. The van der Waals surface area contributed by atoms with Gasteiger partial charge in [0.05, 0.1) is 37.0 Å². The number of rotatable bonds is 2. The minimum atomic E-state index is -0.620. The molecule has 4 bridgehead atoms. The van der Waals surface area contributed by atoms with E-state index in [9.17, 15) is 19.8 Å². The number of nitrogens with one attached hydrogen (secondary N) is 2. The highest BCUT2D eigenvalue weighted by Crippen LogP contribution is 2.30. The SMILES string of the molecule is CN1C[C@@H]2C[C@H]1C(=O)NC[C@H]1O[C@H](CCOc3cc(-c4ccc(CO)cc4)ccc3C(=O)N2)CC[C@@H]1O. The number of hydrogen-bond donors (Lipinski definition) is 4. The predicted molar refractivity (Wildman–Crippen MR) is 137 cm³/mol. The smallest absolute Gasteiger partial charge is 0.255 e. The molecule has 198 valence electrons. The molecule has 0 unspecified atom stereocenters. The van der Waals surface area contributed by atoms with Crippen LogP contribution in [-0.2, 0) is 16.1 Å². The summed E-state index contributed by atoms with van der Waals surface area (Å²) in [4.78, 5) is 28.2. The van der Waals surface area contributed by atoms with E-state index in [1.54, 1.807) is 6.07 Å². The highest BCUT2D eigenvalue weighted by atomic mass is 16.5. The standard InChI is InChI=1S/C28H35N3O6/c1-31-15-20-13-23(31)28(35)29-14-26-24(33)9-7-21(37-26)10-11-36-25-12-19(6-8-22(25)27(34)30-20)18-4-2-17(16-32)3-5-18/h2-6,8,12,20-21,23-24,26,32-33H,7,9-11,13-16H2,1H3,(H,29,35)(H,30,34)/t20-,21-,23-,24-,26+/m0/s1. The first-order chi connectivity index (χ1) is 17.9. The Hall–Kier alpha value is -2.98. The van der Waals surface area contributed by atoms with E-state index in [-0.39, 0.29) is 43.2 Å². The van der Waals surface area contributed by atoms with Crippen LogP contribution in [0.25, 0.3) is 11.1 Å². The van der Waals surface area contributed by atoms with Gasteiger partial charge in [0.25, 0.3) is 5.91 Å². The van der Waals surface area contributed by atoms with Crippen LogP contribution in [0.5, 0.6) is 5.75 Å². The zero-order valence-electron chi connectivity index (χ0n) is 21.1. The average Bonchev–Trinajstić information content (AvgIpc) is 3.27. The lowest BCUT2D eigenvalue weighted by atomic mass is 9.99. The number of ether oxygens (including phenoxy) is 2. The lowest BCUT2D eigenvalue weighted by Crippen LogP contribution is -2.49. The molecule has 0 aliphatic carbocycles. The molecule has 2 saturated heterocycles. The van der Waals surface area contributed by atoms with Crippen molar-refractivity contribution in [3.63, 3.8) is 0 Å². The lowest BCUT2D eigenvalue weighted by Gasteiger charge is -2.34. The molecule has 2 fully saturated rings. The highest BCUT2D eigenvalue weighted by molar-refractivity contribution is 5.98. The second kappa shape index (κ2) is 11.2. The van der Waals surface area contributed by atoms with Crippen molar-refractivity contribution in [2.24, 2.45) is 0 Å². The molecule has 0 radical (unpaired) electrons. The first-order valence-corrected chi connectivity index (χ1v) is 13.0. The maximum absolute atomic E-state index is 13.3. The molecule has 2 aromatic rings. The number of aliphatic hydroxyl groups excluding tert-OH is 2. The van der Waals surface area contributed by atoms with E-state index in [1.165, 1.54) is 0 Å². The molecule has 0 saturated carbocycles. The van der Waals surface area contributed by atoms with Crippen LogP contribution in [0.3, 0.4) is 0 Å². The van der Waals surface area contributed by atoms with Crippen LogP contribution >= 0.6 is 0 Å². The Labute approximate surface area is 216 Å². The first kappa shape index (κ1) is 25.7. The van der Waals surface area contributed by atoms with Crippen LogP contribution in [0, 0.1) is 0 Å². The predicted octanol–water partition coefficient (Wildman–Crippen LogP) is 1.46. The number of aliphatic hydroxyl groups is 2. The van der Waals surface area contributed by atoms with Gasteiger partial charge in [-0.1, -0.05) is 30.3 Å². The Morgan fingerprint density at radius 2 is 1.84 bits per heavy atom. The van der Waals surface area contributed by atoms with E-state index in [2.05, 4.69) is 10.6 Å². The first-order valence-electron chi connectivity index (χ1n) is 13.0. The fourth-order valence-electron chi connectivity index (χ4n) is 5.45. The maximum atomic E-state index is 13.3. The zero-order chi connectivity index (χ0) is 25.9. The molecule has 9 nitrogen and oxygen atoms in total. The van der Waals surface area contributed by atoms with Crippen LogP contribution in [0.4, 0.5) is 0 Å². The van der Waals surface area contributed by atoms with Gasteiger partial charge in [-0.05, 0) is 55.1 Å². The van der Waals surface area contributed by atoms with Crippen molar-refractivity contribution >= 4 is 11.8 Å². The number of likely N-dealkylation sites (N-methyl/N-ethyl adjacent to an activating group) is 1. The minimum absolute atomic E-state index is 0.0201. The summed E-state index contributed by atoms with van der Waals surface area (Å²) < 4.78 is 12.3. The van der Waals surface area contributed by atoms with Gasteiger partial charge >= 0.3 is 0 Å². The van der Waals surface area contributed by atoms with Gasteiger partial charge in [-0.3, -0.25) is 14.5 Å². The lowest BCUT2D eigenvalue weighted by molar-refractivity contribution is -0.133. The second-order valence-corrected chi connectivity index (χ2v) is 10.3. The summed E-state index contributed by atoms with van der Waals surface area (Å²) >= 11 is 0. The molecule has 9 heteroatoms. The van der Waals surface area contributed by atoms with Crippen molar-refractivity contribution in [2.45, 2.75) is 62.7 Å². The molecule has 37 heavy (non-hydrogen) atoms. The average molecular weight is 510 g/mol. The Kier molecular flexibility index (Phi) is 7.76. The summed E-state index contributed by atoms with van der Waals surface area (Å²) in [5.41, 5.74) is 3.12. The van der Waals surface area contributed by atoms with Gasteiger partial charge in [0.15, 0.2) is 0 Å². The number of carbonyl (C=O) groups excluding carboxylic acids is 2. The van der Waals surface area contributed by atoms with Gasteiger partial charge < -0.3 is 30.3 Å². The highest BCUT2D eigenvalue weighted by Gasteiger charge is 2.37. The second-order valence-electron chi connectivity index (χ2n) is 10.3. The third kappa shape index (κ3) is 5.80. The topological polar surface area (TPSA) is 120 Å². The van der Waals surface area contributed by atoms with E-state index in [4.69, 9.17) is 9.47 Å². The van der Waals surface area contributed by atoms with Gasteiger partial charge in [0.2, 0.25) is 5.91 Å². The number of hydrogen-bond acceptors (Lipinski definition) is 7. The number of amides is 2. The molecule has 5 atom stereocenters. The molecule has 2 amide bonds. The Morgan fingerprint density at radius 1 is 1.05 bits per heavy atom. The summed E-state index contributed by atoms with van der Waals surface area (Å²) in [7, 11) is 1.87. The third-order valence-electron chi connectivity index (χ3n) is 7.64. The number of carbonyl (C=O) groups is 2. The van der Waals surface area contributed by atoms with Gasteiger partial charge in [-0.15, -0.1) is 0 Å². The monoisotopic (exact) mass is 509 g/mol. The summed E-state index contributed by atoms with van der Waals surface area (Å²) in [6.45, 7) is 1.13. The number of benzene rings is 2. The van der Waals surface area contributed by atoms with E-state index in [0.29, 0.717) is 50.1 Å². The number of likely N-dealkylation sites (tertiary alicyclic amines) is 1. The van der Waals surface area contributed by atoms with Crippen LogP contribution < -0.4 is 15.4 Å². The summed E-state index contributed by atoms with van der Waals surface area (Å²) in [6.07, 6.45) is 1.21. The van der Waals surface area contributed by atoms with Crippen molar-refractivity contribution in [2.75, 3.05) is 26.7 Å². The van der Waals surface area contributed by atoms with Crippen LogP contribution in [0.1, 0.15) is 41.6 Å². The quantitative estimate of drug-likeness (QED) is 0.484. The molecular weight excluding hydrogens is 474 g/mol. The zero-order valence-corrected chi connectivity index (χ0v) is 21.1. The summed E-state index contributed by atoms with van der Waals surface area (Å²) in [6, 6.07) is 12.6. The molecular formula is C28H35N3O6. The molecule has 3 aliphatic rings. The molecule has 0 aromatic heterocycles. The van der Waals surface area contributed by atoms with Crippen LogP contribution in [0.15, 0.2) is 42.5 Å². The molecule has 0 spiro atoms. The van der Waals surface area contributed by atoms with Gasteiger partial charge in [0.1, 0.15) is 11.9 Å². The molecule has 3 aliphatic heterocycles. The Morgan fingerprint density at radius 3 is 2.62 bits per heavy atom. The van der Waals surface area contributed by atoms with Crippen molar-refractivity contribution < 1.29 is 29.3 Å². The van der Waals surface area contributed by atoms with Crippen LogP contribution in [-0.4, -0.2) is 84.1 Å². The number of nitrogens with zero attached hydrogens (tertiary/aromatic N) is 1. The van der Waals surface area contributed by atoms with Crippen molar-refractivity contribution in [1.29, 1.82) is 0 Å². The van der Waals surface area contributed by atoms with E-state index in [0.717, 1.165) is 16.7 Å². The normalized spacial score (nSPS) is 29.1. The largest absolute Gasteiger partial charge is 0.493 e. The van der Waals surface area contributed by atoms with Gasteiger partial charge in [-0.25, -0.2) is 0 Å². The van der Waals surface area contributed by atoms with Crippen LogP contribution in [0.2, 0.25) is 0 Å². The molecule has 5 rings (SSSR count). The van der Waals surface area contributed by atoms with Crippen molar-refractivity contribution in [1.82, 2.24) is 15.5 Å². The summed E-state index contributed by atoms with van der Waals surface area (Å²) in [5, 5.41) is 25.8. The minimum Gasteiger partial charge on any atom is -0.493 e. The van der Waals surface area contributed by atoms with E-state index < -0.39 is 12.2 Å². The number of fused-ring (bicyclic) bond motifs is 5. The maximum Gasteiger partial charge on any atom is 0.255 e. The Bertz CT molecular complexity index is 1120. The van der Waals surface area contributed by atoms with E-state index in [1.807, 2.05) is 48.3 Å². The molecule has 2 aromatic carbocycles. The summed E-state index contributed by atoms with van der Waals surface area (Å²) in [5.74, 6) is 0.132. The Balaban J connectivity index is 1.42.